The lowest BCUT2D eigenvalue weighted by Crippen LogP contribution is -2.34. The summed E-state index contributed by atoms with van der Waals surface area (Å²) in [5, 5.41) is 10.8. The largest absolute Gasteiger partial charge is 0.496 e. The van der Waals surface area contributed by atoms with Crippen molar-refractivity contribution < 1.29 is 19.3 Å². The lowest BCUT2D eigenvalue weighted by atomic mass is 10.0. The van der Waals surface area contributed by atoms with E-state index in [1.807, 2.05) is 0 Å². The Balaban J connectivity index is 2.21. The van der Waals surface area contributed by atoms with Crippen LogP contribution in [0.5, 0.6) is 5.75 Å². The number of benzene rings is 1. The molecule has 0 amide bonds. The molecule has 1 aromatic rings. The van der Waals surface area contributed by atoms with Crippen molar-refractivity contribution in [2.24, 2.45) is 0 Å². The maximum absolute atomic E-state index is 10.2. The Morgan fingerprint density at radius 2 is 2.29 bits per heavy atom. The van der Waals surface area contributed by atoms with E-state index in [1.165, 1.54) is 0 Å². The minimum atomic E-state index is -0.802. The van der Waals surface area contributed by atoms with Crippen LogP contribution in [-0.4, -0.2) is 38.1 Å². The van der Waals surface area contributed by atoms with E-state index in [0.717, 1.165) is 0 Å². The van der Waals surface area contributed by atoms with Gasteiger partial charge in [0.15, 0.2) is 0 Å². The third-order valence-electron chi connectivity index (χ3n) is 2.70. The molecule has 1 aromatic carbocycles. The maximum atomic E-state index is 10.2. The van der Waals surface area contributed by atoms with E-state index in [-0.39, 0.29) is 6.10 Å². The van der Waals surface area contributed by atoms with Crippen LogP contribution >= 0.6 is 11.6 Å². The van der Waals surface area contributed by atoms with Gasteiger partial charge in [0.1, 0.15) is 18.0 Å². The molecule has 1 heterocycles. The van der Waals surface area contributed by atoms with Crippen LogP contribution in [0.1, 0.15) is 11.7 Å². The maximum Gasteiger partial charge on any atom is 0.124 e. The first-order valence-electron chi connectivity index (χ1n) is 5.43. The molecule has 17 heavy (non-hydrogen) atoms. The van der Waals surface area contributed by atoms with Gasteiger partial charge in [0.25, 0.3) is 0 Å². The smallest absolute Gasteiger partial charge is 0.124 e. The van der Waals surface area contributed by atoms with Crippen molar-refractivity contribution in [1.82, 2.24) is 0 Å². The highest BCUT2D eigenvalue weighted by atomic mass is 35.5. The van der Waals surface area contributed by atoms with Gasteiger partial charge < -0.3 is 19.3 Å². The fourth-order valence-corrected chi connectivity index (χ4v) is 2.01. The standard InChI is InChI=1S/C12H15ClO4/c1-15-10-3-2-8(13)6-9(10)12(14)11-7-16-4-5-17-11/h2-3,6,11-12,14H,4-5,7H2,1H3. The molecule has 2 unspecified atom stereocenters. The molecule has 0 aromatic heterocycles. The fourth-order valence-electron chi connectivity index (χ4n) is 1.82. The first kappa shape index (κ1) is 12.6. The molecule has 1 saturated heterocycles. The SMILES string of the molecule is COc1ccc(Cl)cc1C(O)C1COCCO1. The lowest BCUT2D eigenvalue weighted by molar-refractivity contribution is -0.133. The molecule has 0 spiro atoms. The van der Waals surface area contributed by atoms with Crippen molar-refractivity contribution in [2.75, 3.05) is 26.9 Å². The zero-order chi connectivity index (χ0) is 12.3. The summed E-state index contributed by atoms with van der Waals surface area (Å²) < 4.78 is 15.9. The molecule has 0 bridgehead atoms. The molecule has 1 N–H and O–H groups in total. The molecular weight excluding hydrogens is 244 g/mol. The van der Waals surface area contributed by atoms with Crippen molar-refractivity contribution in [3.63, 3.8) is 0 Å². The average molecular weight is 259 g/mol. The third-order valence-corrected chi connectivity index (χ3v) is 2.94. The molecule has 0 aliphatic carbocycles. The third kappa shape index (κ3) is 2.90. The summed E-state index contributed by atoms with van der Waals surface area (Å²) in [5.74, 6) is 0.594. The van der Waals surface area contributed by atoms with Gasteiger partial charge >= 0.3 is 0 Å². The minimum absolute atomic E-state index is 0.372. The van der Waals surface area contributed by atoms with E-state index >= 15 is 0 Å². The molecule has 1 aliphatic heterocycles. The summed E-state index contributed by atoms with van der Waals surface area (Å²) in [5.41, 5.74) is 0.621. The van der Waals surface area contributed by atoms with Gasteiger partial charge in [-0.2, -0.15) is 0 Å². The average Bonchev–Trinajstić information content (AvgIpc) is 2.39. The number of aliphatic hydroxyl groups excluding tert-OH is 1. The summed E-state index contributed by atoms with van der Waals surface area (Å²) >= 11 is 5.92. The van der Waals surface area contributed by atoms with E-state index in [2.05, 4.69) is 0 Å². The van der Waals surface area contributed by atoms with Crippen LogP contribution in [-0.2, 0) is 9.47 Å². The van der Waals surface area contributed by atoms with Crippen molar-refractivity contribution in [3.05, 3.63) is 28.8 Å². The second-order valence-electron chi connectivity index (χ2n) is 3.82. The van der Waals surface area contributed by atoms with E-state index in [0.29, 0.717) is 36.2 Å². The van der Waals surface area contributed by atoms with Gasteiger partial charge in [0.05, 0.1) is 26.9 Å². The first-order chi connectivity index (χ1) is 8.22. The van der Waals surface area contributed by atoms with Crippen LogP contribution in [0.25, 0.3) is 0 Å². The Morgan fingerprint density at radius 3 is 2.94 bits per heavy atom. The molecule has 94 valence electrons. The zero-order valence-corrected chi connectivity index (χ0v) is 10.3. The van der Waals surface area contributed by atoms with Gasteiger partial charge in [0.2, 0.25) is 0 Å². The van der Waals surface area contributed by atoms with E-state index in [9.17, 15) is 5.11 Å². The highest BCUT2D eigenvalue weighted by Crippen LogP contribution is 2.31. The quantitative estimate of drug-likeness (QED) is 0.898. The molecule has 1 aliphatic rings. The van der Waals surface area contributed by atoms with Crippen LogP contribution in [0.15, 0.2) is 18.2 Å². The summed E-state index contributed by atoms with van der Waals surface area (Å²) in [6.45, 7) is 1.43. The molecule has 0 saturated carbocycles. The first-order valence-corrected chi connectivity index (χ1v) is 5.81. The Hall–Kier alpha value is -0.810. The Bertz CT molecular complexity index is 377. The van der Waals surface area contributed by atoms with Gasteiger partial charge in [-0.3, -0.25) is 0 Å². The molecule has 0 radical (unpaired) electrons. The summed E-state index contributed by atoms with van der Waals surface area (Å²) in [6.07, 6.45) is -1.18. The molecule has 5 heteroatoms. The zero-order valence-electron chi connectivity index (χ0n) is 9.56. The van der Waals surface area contributed by atoms with Gasteiger partial charge in [-0.15, -0.1) is 0 Å². The fraction of sp³-hybridized carbons (Fsp3) is 0.500. The Labute approximate surface area is 105 Å². The number of aliphatic hydroxyl groups is 1. The minimum Gasteiger partial charge on any atom is -0.496 e. The molecule has 2 atom stereocenters. The second-order valence-corrected chi connectivity index (χ2v) is 4.25. The van der Waals surface area contributed by atoms with Crippen molar-refractivity contribution >= 4 is 11.6 Å². The highest BCUT2D eigenvalue weighted by Gasteiger charge is 2.27. The van der Waals surface area contributed by atoms with Crippen molar-refractivity contribution in [3.8, 4) is 5.75 Å². The van der Waals surface area contributed by atoms with Gasteiger partial charge in [-0.25, -0.2) is 0 Å². The van der Waals surface area contributed by atoms with Crippen molar-refractivity contribution in [1.29, 1.82) is 0 Å². The van der Waals surface area contributed by atoms with Crippen LogP contribution < -0.4 is 4.74 Å². The van der Waals surface area contributed by atoms with Crippen LogP contribution in [0.4, 0.5) is 0 Å². The topological polar surface area (TPSA) is 47.9 Å². The second kappa shape index (κ2) is 5.69. The summed E-state index contributed by atoms with van der Waals surface area (Å²) in [4.78, 5) is 0. The number of ether oxygens (including phenoxy) is 3. The van der Waals surface area contributed by atoms with E-state index in [4.69, 9.17) is 25.8 Å². The summed E-state index contributed by atoms with van der Waals surface area (Å²) in [7, 11) is 1.55. The number of hydrogen-bond donors (Lipinski definition) is 1. The number of methoxy groups -OCH3 is 1. The van der Waals surface area contributed by atoms with Gasteiger partial charge in [-0.1, -0.05) is 11.6 Å². The van der Waals surface area contributed by atoms with Crippen LogP contribution in [0, 0.1) is 0 Å². The van der Waals surface area contributed by atoms with Gasteiger partial charge in [0, 0.05) is 10.6 Å². The highest BCUT2D eigenvalue weighted by molar-refractivity contribution is 6.30. The number of hydrogen-bond acceptors (Lipinski definition) is 4. The normalized spacial score (nSPS) is 22.2. The number of rotatable bonds is 3. The van der Waals surface area contributed by atoms with E-state index < -0.39 is 6.10 Å². The van der Waals surface area contributed by atoms with Crippen LogP contribution in [0.3, 0.4) is 0 Å². The summed E-state index contributed by atoms with van der Waals surface area (Å²) in [6, 6.07) is 5.13. The predicted molar refractivity (Wildman–Crippen MR) is 63.5 cm³/mol. The Kier molecular flexibility index (Phi) is 4.23. The molecule has 2 rings (SSSR count). The lowest BCUT2D eigenvalue weighted by Gasteiger charge is -2.28. The Morgan fingerprint density at radius 1 is 1.47 bits per heavy atom. The van der Waals surface area contributed by atoms with Crippen LogP contribution in [0.2, 0.25) is 5.02 Å². The monoisotopic (exact) mass is 258 g/mol. The predicted octanol–water partition coefficient (Wildman–Crippen LogP) is 1.80. The van der Waals surface area contributed by atoms with Gasteiger partial charge in [-0.05, 0) is 18.2 Å². The number of halogens is 1. The molecule has 4 nitrogen and oxygen atoms in total. The molecule has 1 fully saturated rings. The molecular formula is C12H15ClO4. The van der Waals surface area contributed by atoms with Crippen molar-refractivity contribution in [2.45, 2.75) is 12.2 Å². The van der Waals surface area contributed by atoms with E-state index in [1.54, 1.807) is 25.3 Å².